The minimum atomic E-state index is -0.408. The second-order valence-electron chi connectivity index (χ2n) is 6.78. The second-order valence-corrected chi connectivity index (χ2v) is 6.78. The Balaban J connectivity index is 1.58. The van der Waals surface area contributed by atoms with Gasteiger partial charge in [-0.05, 0) is 31.4 Å². The monoisotopic (exact) mass is 380 g/mol. The molecule has 1 aliphatic heterocycles. The number of carbonyl (C=O) groups excluding carboxylic acids is 1. The number of nitrogens with one attached hydrogen (secondary N) is 1. The first-order valence-corrected chi connectivity index (χ1v) is 9.29. The van der Waals surface area contributed by atoms with Crippen LogP contribution < -0.4 is 10.2 Å². The molecule has 4 rings (SSSR count). The van der Waals surface area contributed by atoms with Crippen molar-refractivity contribution in [2.75, 3.05) is 23.3 Å². The van der Waals surface area contributed by atoms with E-state index < -0.39 is 11.7 Å². The highest BCUT2D eigenvalue weighted by Crippen LogP contribution is 2.28. The van der Waals surface area contributed by atoms with E-state index in [0.717, 1.165) is 31.7 Å². The highest BCUT2D eigenvalue weighted by molar-refractivity contribution is 6.04. The first kappa shape index (κ1) is 18.1. The Morgan fingerprint density at radius 3 is 2.68 bits per heavy atom. The fraction of sp³-hybridized carbons (Fsp3) is 0.300. The Labute approximate surface area is 162 Å². The number of nitrogens with zero attached hydrogens (tertiary/aromatic N) is 5. The zero-order chi connectivity index (χ0) is 19.5. The molecular weight excluding hydrogens is 359 g/mol. The molecule has 3 heterocycles. The van der Waals surface area contributed by atoms with Crippen LogP contribution in [-0.2, 0) is 7.05 Å². The summed E-state index contributed by atoms with van der Waals surface area (Å²) < 4.78 is 15.8. The van der Waals surface area contributed by atoms with Crippen molar-refractivity contribution in [1.29, 1.82) is 0 Å². The number of hydrogen-bond donors (Lipinski definition) is 1. The molecule has 0 unspecified atom stereocenters. The standard InChI is InChI=1S/C20H21FN6O/c1-26-20(27-9-5-2-6-10-27)18(13-23-26)25-19(28)17-12-22-11-16(24-17)14-7-3-4-8-15(14)21/h3-4,7-8,11-13H,2,5-6,9-10H2,1H3,(H,25,28). The van der Waals surface area contributed by atoms with Crippen LogP contribution in [-0.4, -0.2) is 38.7 Å². The Morgan fingerprint density at radius 1 is 1.11 bits per heavy atom. The summed E-state index contributed by atoms with van der Waals surface area (Å²) in [4.78, 5) is 23.3. The molecule has 8 heteroatoms. The fourth-order valence-electron chi connectivity index (χ4n) is 3.46. The van der Waals surface area contributed by atoms with Crippen molar-refractivity contribution in [3.05, 3.63) is 54.4 Å². The van der Waals surface area contributed by atoms with Gasteiger partial charge < -0.3 is 10.2 Å². The van der Waals surface area contributed by atoms with Gasteiger partial charge >= 0.3 is 0 Å². The smallest absolute Gasteiger partial charge is 0.276 e. The van der Waals surface area contributed by atoms with Crippen molar-refractivity contribution in [2.24, 2.45) is 7.05 Å². The van der Waals surface area contributed by atoms with Gasteiger partial charge in [-0.25, -0.2) is 9.37 Å². The van der Waals surface area contributed by atoms with Crippen LogP contribution in [0.2, 0.25) is 0 Å². The largest absolute Gasteiger partial charge is 0.355 e. The van der Waals surface area contributed by atoms with Gasteiger partial charge in [0.1, 0.15) is 17.2 Å². The van der Waals surface area contributed by atoms with E-state index in [1.54, 1.807) is 29.1 Å². The van der Waals surface area contributed by atoms with Crippen molar-refractivity contribution in [3.63, 3.8) is 0 Å². The van der Waals surface area contributed by atoms with Gasteiger partial charge in [0.25, 0.3) is 5.91 Å². The molecule has 3 aromatic rings. The SMILES string of the molecule is Cn1ncc(NC(=O)c2cncc(-c3ccccc3F)n2)c1N1CCCCC1. The minimum absolute atomic E-state index is 0.120. The van der Waals surface area contributed by atoms with Crippen LogP contribution >= 0.6 is 0 Å². The molecule has 1 saturated heterocycles. The van der Waals surface area contributed by atoms with E-state index in [4.69, 9.17) is 0 Å². The Morgan fingerprint density at radius 2 is 1.89 bits per heavy atom. The summed E-state index contributed by atoms with van der Waals surface area (Å²) in [5.41, 5.74) is 1.37. The molecule has 0 atom stereocenters. The molecule has 28 heavy (non-hydrogen) atoms. The van der Waals surface area contributed by atoms with Crippen molar-refractivity contribution < 1.29 is 9.18 Å². The molecule has 0 aliphatic carbocycles. The van der Waals surface area contributed by atoms with E-state index in [1.807, 2.05) is 7.05 Å². The summed E-state index contributed by atoms with van der Waals surface area (Å²) in [6, 6.07) is 6.28. The predicted molar refractivity (Wildman–Crippen MR) is 105 cm³/mol. The van der Waals surface area contributed by atoms with Crippen LogP contribution in [0.5, 0.6) is 0 Å². The van der Waals surface area contributed by atoms with Gasteiger partial charge in [-0.1, -0.05) is 12.1 Å². The summed E-state index contributed by atoms with van der Waals surface area (Å²) in [5, 5.41) is 7.17. The molecule has 0 radical (unpaired) electrons. The van der Waals surface area contributed by atoms with Crippen molar-refractivity contribution in [1.82, 2.24) is 19.7 Å². The Kier molecular flexibility index (Phi) is 5.01. The quantitative estimate of drug-likeness (QED) is 0.752. The number of benzene rings is 1. The van der Waals surface area contributed by atoms with E-state index in [-0.39, 0.29) is 5.69 Å². The van der Waals surface area contributed by atoms with Crippen LogP contribution in [0, 0.1) is 5.82 Å². The normalized spacial score (nSPS) is 14.1. The third-order valence-corrected chi connectivity index (χ3v) is 4.83. The lowest BCUT2D eigenvalue weighted by molar-refractivity contribution is 0.102. The molecule has 1 aliphatic rings. The average Bonchev–Trinajstić information content (AvgIpc) is 3.09. The number of piperidine rings is 1. The van der Waals surface area contributed by atoms with Crippen LogP contribution in [0.1, 0.15) is 29.8 Å². The maximum absolute atomic E-state index is 14.0. The van der Waals surface area contributed by atoms with Gasteiger partial charge in [0.15, 0.2) is 5.82 Å². The van der Waals surface area contributed by atoms with E-state index >= 15 is 0 Å². The van der Waals surface area contributed by atoms with E-state index in [1.165, 1.54) is 24.9 Å². The number of halogens is 1. The Hall–Kier alpha value is -3.29. The lowest BCUT2D eigenvalue weighted by Crippen LogP contribution is -2.32. The van der Waals surface area contributed by atoms with Gasteiger partial charge in [-0.3, -0.25) is 14.5 Å². The molecule has 1 N–H and O–H groups in total. The molecule has 1 aromatic carbocycles. The van der Waals surface area contributed by atoms with Crippen molar-refractivity contribution >= 4 is 17.4 Å². The number of carbonyl (C=O) groups is 1. The maximum Gasteiger partial charge on any atom is 0.276 e. The summed E-state index contributed by atoms with van der Waals surface area (Å²) >= 11 is 0. The van der Waals surface area contributed by atoms with Gasteiger partial charge in [0.2, 0.25) is 0 Å². The summed E-state index contributed by atoms with van der Waals surface area (Å²) in [7, 11) is 1.86. The highest BCUT2D eigenvalue weighted by Gasteiger charge is 2.21. The molecule has 1 fully saturated rings. The number of aryl methyl sites for hydroxylation is 1. The van der Waals surface area contributed by atoms with Crippen LogP contribution in [0.25, 0.3) is 11.3 Å². The van der Waals surface area contributed by atoms with E-state index in [9.17, 15) is 9.18 Å². The molecule has 7 nitrogen and oxygen atoms in total. The summed E-state index contributed by atoms with van der Waals surface area (Å²) in [6.45, 7) is 1.87. The lowest BCUT2D eigenvalue weighted by atomic mass is 10.1. The first-order valence-electron chi connectivity index (χ1n) is 9.29. The van der Waals surface area contributed by atoms with Crippen LogP contribution in [0.15, 0.2) is 42.9 Å². The molecule has 0 saturated carbocycles. The summed E-state index contributed by atoms with van der Waals surface area (Å²) in [5.74, 6) is 0.0669. The zero-order valence-corrected chi connectivity index (χ0v) is 15.6. The molecule has 1 amide bonds. The first-order chi connectivity index (χ1) is 13.6. The van der Waals surface area contributed by atoms with Crippen LogP contribution in [0.3, 0.4) is 0 Å². The number of rotatable bonds is 4. The van der Waals surface area contributed by atoms with E-state index in [0.29, 0.717) is 16.9 Å². The van der Waals surface area contributed by atoms with Crippen molar-refractivity contribution in [2.45, 2.75) is 19.3 Å². The number of hydrogen-bond acceptors (Lipinski definition) is 5. The maximum atomic E-state index is 14.0. The molecule has 2 aromatic heterocycles. The van der Waals surface area contributed by atoms with Gasteiger partial charge in [-0.2, -0.15) is 5.10 Å². The molecule has 144 valence electrons. The molecule has 0 spiro atoms. The van der Waals surface area contributed by atoms with Crippen molar-refractivity contribution in [3.8, 4) is 11.3 Å². The van der Waals surface area contributed by atoms with E-state index in [2.05, 4.69) is 25.3 Å². The average molecular weight is 380 g/mol. The summed E-state index contributed by atoms with van der Waals surface area (Å²) in [6.07, 6.45) is 7.91. The number of aromatic nitrogens is 4. The fourth-order valence-corrected chi connectivity index (χ4v) is 3.46. The molecule has 0 bridgehead atoms. The molecular formula is C20H21FN6O. The number of amides is 1. The topological polar surface area (TPSA) is 75.9 Å². The zero-order valence-electron chi connectivity index (χ0n) is 15.6. The minimum Gasteiger partial charge on any atom is -0.355 e. The highest BCUT2D eigenvalue weighted by atomic mass is 19.1. The second kappa shape index (κ2) is 7.75. The van der Waals surface area contributed by atoms with Gasteiger partial charge in [-0.15, -0.1) is 0 Å². The van der Waals surface area contributed by atoms with Gasteiger partial charge in [0, 0.05) is 25.7 Å². The number of anilines is 2. The third-order valence-electron chi connectivity index (χ3n) is 4.83. The van der Waals surface area contributed by atoms with Gasteiger partial charge in [0.05, 0.1) is 24.3 Å². The Bertz CT molecular complexity index is 996. The predicted octanol–water partition coefficient (Wildman–Crippen LogP) is 3.26. The van der Waals surface area contributed by atoms with Crippen LogP contribution in [0.4, 0.5) is 15.9 Å². The third kappa shape index (κ3) is 3.58. The lowest BCUT2D eigenvalue weighted by Gasteiger charge is -2.29.